The fraction of sp³-hybridized carbons (Fsp3) is 0.889. The van der Waals surface area contributed by atoms with Crippen molar-refractivity contribution in [3.8, 4) is 0 Å². The summed E-state index contributed by atoms with van der Waals surface area (Å²) in [4.78, 5) is 0.0421. The van der Waals surface area contributed by atoms with Crippen molar-refractivity contribution >= 4 is 27.2 Å². The molecular weight excluding hydrogens is 232 g/mol. The van der Waals surface area contributed by atoms with Crippen molar-refractivity contribution in [2.75, 3.05) is 12.3 Å². The molecule has 0 aromatic rings. The highest BCUT2D eigenvalue weighted by molar-refractivity contribution is 7.92. The van der Waals surface area contributed by atoms with Gasteiger partial charge in [-0.2, -0.15) is 4.31 Å². The van der Waals surface area contributed by atoms with Crippen LogP contribution in [0.4, 0.5) is 0 Å². The Morgan fingerprint density at radius 2 is 2.13 bits per heavy atom. The summed E-state index contributed by atoms with van der Waals surface area (Å²) in [5, 5.41) is 0. The second-order valence-corrected chi connectivity index (χ2v) is 6.64. The average molecular weight is 250 g/mol. The van der Waals surface area contributed by atoms with Crippen molar-refractivity contribution in [2.45, 2.75) is 32.7 Å². The highest BCUT2D eigenvalue weighted by atomic mass is 32.2. The molecule has 0 spiro atoms. The van der Waals surface area contributed by atoms with Gasteiger partial charge >= 0.3 is 0 Å². The molecule has 0 aromatic carbocycles. The summed E-state index contributed by atoms with van der Waals surface area (Å²) >= 11 is 4.65. The first kappa shape index (κ1) is 12.9. The number of piperidine rings is 1. The van der Waals surface area contributed by atoms with Gasteiger partial charge in [0.25, 0.3) is 0 Å². The number of sulfonamides is 1. The SMILES string of the molecule is CC1CCCN(S(=O)(=O)CC(N)=S)C1C. The minimum absolute atomic E-state index is 0.0421. The molecule has 2 atom stereocenters. The Labute approximate surface area is 96.9 Å². The summed E-state index contributed by atoms with van der Waals surface area (Å²) in [7, 11) is -3.30. The number of nitrogens with zero attached hydrogens (tertiary/aromatic N) is 1. The number of thiocarbonyl (C=S) groups is 1. The third kappa shape index (κ3) is 3.12. The lowest BCUT2D eigenvalue weighted by Crippen LogP contribution is -2.48. The molecule has 4 nitrogen and oxygen atoms in total. The van der Waals surface area contributed by atoms with Gasteiger partial charge in [-0.1, -0.05) is 19.1 Å². The summed E-state index contributed by atoms with van der Waals surface area (Å²) in [6, 6.07) is 0.0538. The maximum atomic E-state index is 11.9. The van der Waals surface area contributed by atoms with Crippen molar-refractivity contribution in [1.29, 1.82) is 0 Å². The molecule has 6 heteroatoms. The van der Waals surface area contributed by atoms with Crippen LogP contribution in [0.25, 0.3) is 0 Å². The number of hydrogen-bond donors (Lipinski definition) is 1. The Balaban J connectivity index is 2.82. The van der Waals surface area contributed by atoms with Crippen LogP contribution in [0.2, 0.25) is 0 Å². The van der Waals surface area contributed by atoms with Crippen LogP contribution in [0.1, 0.15) is 26.7 Å². The minimum Gasteiger partial charge on any atom is -0.392 e. The molecule has 0 radical (unpaired) electrons. The van der Waals surface area contributed by atoms with Gasteiger partial charge in [0.05, 0.1) is 4.99 Å². The van der Waals surface area contributed by atoms with E-state index in [1.54, 1.807) is 4.31 Å². The summed E-state index contributed by atoms with van der Waals surface area (Å²) in [5.41, 5.74) is 5.29. The molecule has 15 heavy (non-hydrogen) atoms. The van der Waals surface area contributed by atoms with Crippen molar-refractivity contribution in [3.63, 3.8) is 0 Å². The summed E-state index contributed by atoms with van der Waals surface area (Å²) in [5.74, 6) is 0.194. The first-order valence-electron chi connectivity index (χ1n) is 5.12. The van der Waals surface area contributed by atoms with Gasteiger partial charge in [-0.3, -0.25) is 0 Å². The van der Waals surface area contributed by atoms with Crippen LogP contribution < -0.4 is 5.73 Å². The van der Waals surface area contributed by atoms with Gasteiger partial charge in [0.15, 0.2) is 0 Å². The van der Waals surface area contributed by atoms with Gasteiger partial charge in [-0.05, 0) is 25.7 Å². The Bertz CT molecular complexity index is 340. The van der Waals surface area contributed by atoms with Crippen molar-refractivity contribution in [2.24, 2.45) is 11.7 Å². The topological polar surface area (TPSA) is 63.4 Å². The van der Waals surface area contributed by atoms with Crippen molar-refractivity contribution in [3.05, 3.63) is 0 Å². The first-order valence-corrected chi connectivity index (χ1v) is 7.14. The van der Waals surface area contributed by atoms with Crippen LogP contribution in [0, 0.1) is 5.92 Å². The minimum atomic E-state index is -3.30. The smallest absolute Gasteiger partial charge is 0.220 e. The monoisotopic (exact) mass is 250 g/mol. The average Bonchev–Trinajstić information content (AvgIpc) is 2.07. The van der Waals surface area contributed by atoms with E-state index in [0.717, 1.165) is 12.8 Å². The van der Waals surface area contributed by atoms with E-state index in [0.29, 0.717) is 12.5 Å². The van der Waals surface area contributed by atoms with E-state index in [-0.39, 0.29) is 16.8 Å². The second kappa shape index (κ2) is 4.76. The number of nitrogens with two attached hydrogens (primary N) is 1. The molecule has 1 aliphatic rings. The molecule has 1 aliphatic heterocycles. The van der Waals surface area contributed by atoms with E-state index >= 15 is 0 Å². The maximum Gasteiger partial charge on any atom is 0.220 e. The molecule has 0 aliphatic carbocycles. The van der Waals surface area contributed by atoms with Crippen molar-refractivity contribution < 1.29 is 8.42 Å². The predicted octanol–water partition coefficient (Wildman–Crippen LogP) is 0.723. The van der Waals surface area contributed by atoms with Crippen LogP contribution in [0.15, 0.2) is 0 Å². The summed E-state index contributed by atoms with van der Waals surface area (Å²) in [6.07, 6.45) is 2.00. The molecule has 1 heterocycles. The zero-order chi connectivity index (χ0) is 11.6. The van der Waals surface area contributed by atoms with E-state index in [2.05, 4.69) is 19.1 Å². The highest BCUT2D eigenvalue weighted by Gasteiger charge is 2.33. The van der Waals surface area contributed by atoms with E-state index in [4.69, 9.17) is 5.73 Å². The zero-order valence-electron chi connectivity index (χ0n) is 9.14. The van der Waals surface area contributed by atoms with Gasteiger partial charge < -0.3 is 5.73 Å². The number of hydrogen-bond acceptors (Lipinski definition) is 3. The lowest BCUT2D eigenvalue weighted by molar-refractivity contribution is 0.203. The quantitative estimate of drug-likeness (QED) is 0.750. The molecule has 0 aromatic heterocycles. The van der Waals surface area contributed by atoms with Crippen LogP contribution in [-0.2, 0) is 10.0 Å². The molecule has 2 N–H and O–H groups in total. The Morgan fingerprint density at radius 3 is 2.67 bits per heavy atom. The summed E-state index contributed by atoms with van der Waals surface area (Å²) in [6.45, 7) is 4.62. The standard InChI is InChI=1S/C9H18N2O2S2/c1-7-4-3-5-11(8(7)2)15(12,13)6-9(10)14/h7-8H,3-6H2,1-2H3,(H2,10,14). The van der Waals surface area contributed by atoms with Gasteiger partial charge in [0.1, 0.15) is 5.75 Å². The van der Waals surface area contributed by atoms with Gasteiger partial charge in [0.2, 0.25) is 10.0 Å². The van der Waals surface area contributed by atoms with Crippen LogP contribution in [-0.4, -0.2) is 36.1 Å². The zero-order valence-corrected chi connectivity index (χ0v) is 10.8. The second-order valence-electron chi connectivity index (χ2n) is 4.19. The van der Waals surface area contributed by atoms with E-state index in [1.165, 1.54) is 0 Å². The largest absolute Gasteiger partial charge is 0.392 e. The molecule has 0 saturated carbocycles. The van der Waals surface area contributed by atoms with E-state index < -0.39 is 10.0 Å². The highest BCUT2D eigenvalue weighted by Crippen LogP contribution is 2.25. The van der Waals surface area contributed by atoms with Gasteiger partial charge in [0, 0.05) is 12.6 Å². The van der Waals surface area contributed by atoms with Crippen molar-refractivity contribution in [1.82, 2.24) is 4.31 Å². The molecule has 0 amide bonds. The third-order valence-corrected chi connectivity index (χ3v) is 5.23. The predicted molar refractivity (Wildman–Crippen MR) is 65.1 cm³/mol. The van der Waals surface area contributed by atoms with Crippen LogP contribution in [0.5, 0.6) is 0 Å². The molecule has 2 unspecified atom stereocenters. The van der Waals surface area contributed by atoms with E-state index in [1.807, 2.05) is 6.92 Å². The first-order chi connectivity index (χ1) is 6.84. The molecule has 1 saturated heterocycles. The van der Waals surface area contributed by atoms with Crippen LogP contribution >= 0.6 is 12.2 Å². The normalized spacial score (nSPS) is 28.9. The van der Waals surface area contributed by atoms with Crippen LogP contribution in [0.3, 0.4) is 0 Å². The summed E-state index contributed by atoms with van der Waals surface area (Å²) < 4.78 is 25.4. The maximum absolute atomic E-state index is 11.9. The Morgan fingerprint density at radius 1 is 1.53 bits per heavy atom. The fourth-order valence-corrected chi connectivity index (χ4v) is 4.05. The molecule has 1 fully saturated rings. The lowest BCUT2D eigenvalue weighted by Gasteiger charge is -2.36. The molecule has 88 valence electrons. The van der Waals surface area contributed by atoms with E-state index in [9.17, 15) is 8.42 Å². The molecule has 0 bridgehead atoms. The number of rotatable bonds is 3. The van der Waals surface area contributed by atoms with Gasteiger partial charge in [-0.15, -0.1) is 0 Å². The lowest BCUT2D eigenvalue weighted by atomic mass is 9.94. The molecular formula is C9H18N2O2S2. The fourth-order valence-electron chi connectivity index (χ4n) is 1.95. The van der Waals surface area contributed by atoms with Gasteiger partial charge in [-0.25, -0.2) is 8.42 Å². The third-order valence-electron chi connectivity index (χ3n) is 3.00. The Hall–Kier alpha value is -0.200. The Kier molecular flexibility index (Phi) is 4.08. The molecule has 1 rings (SSSR count).